The van der Waals surface area contributed by atoms with Crippen LogP contribution in [0.5, 0.6) is 0 Å². The highest BCUT2D eigenvalue weighted by Crippen LogP contribution is 2.34. The molecule has 1 unspecified atom stereocenters. The van der Waals surface area contributed by atoms with Crippen molar-refractivity contribution in [2.24, 2.45) is 0 Å². The lowest BCUT2D eigenvalue weighted by Gasteiger charge is -2.23. The number of ether oxygens (including phenoxy) is 1. The number of aromatic nitrogens is 2. The van der Waals surface area contributed by atoms with Crippen LogP contribution >= 0.6 is 15.9 Å². The Bertz CT molecular complexity index is 465. The summed E-state index contributed by atoms with van der Waals surface area (Å²) in [7, 11) is 0. The zero-order valence-corrected chi connectivity index (χ0v) is 14.4. The van der Waals surface area contributed by atoms with E-state index in [1.807, 2.05) is 0 Å². The van der Waals surface area contributed by atoms with E-state index in [-0.39, 0.29) is 5.41 Å². The Morgan fingerprint density at radius 3 is 2.65 bits per heavy atom. The Morgan fingerprint density at radius 1 is 1.35 bits per heavy atom. The van der Waals surface area contributed by atoms with Crippen molar-refractivity contribution in [2.75, 3.05) is 25.1 Å². The lowest BCUT2D eigenvalue weighted by Crippen LogP contribution is -2.20. The average molecular weight is 342 g/mol. The molecule has 20 heavy (non-hydrogen) atoms. The minimum Gasteiger partial charge on any atom is -0.381 e. The van der Waals surface area contributed by atoms with Crippen molar-refractivity contribution in [2.45, 2.75) is 51.9 Å². The van der Waals surface area contributed by atoms with E-state index in [1.54, 1.807) is 0 Å². The van der Waals surface area contributed by atoms with Crippen molar-refractivity contribution >= 4 is 21.7 Å². The normalized spacial score (nSPS) is 19.4. The van der Waals surface area contributed by atoms with Crippen LogP contribution in [0, 0.1) is 0 Å². The monoisotopic (exact) mass is 341 g/mol. The third-order valence-corrected chi connectivity index (χ3v) is 4.17. The van der Waals surface area contributed by atoms with E-state index >= 15 is 0 Å². The Labute approximate surface area is 129 Å². The van der Waals surface area contributed by atoms with Gasteiger partial charge in [-0.25, -0.2) is 9.97 Å². The van der Waals surface area contributed by atoms with Crippen LogP contribution in [0.2, 0.25) is 0 Å². The van der Waals surface area contributed by atoms with E-state index in [4.69, 9.17) is 14.7 Å². The molecule has 1 aliphatic rings. The Morgan fingerprint density at radius 2 is 2.10 bits per heavy atom. The summed E-state index contributed by atoms with van der Waals surface area (Å²) in [5.41, 5.74) is 1.05. The largest absolute Gasteiger partial charge is 0.381 e. The molecule has 1 aliphatic heterocycles. The summed E-state index contributed by atoms with van der Waals surface area (Å²) in [6, 6.07) is 0. The topological polar surface area (TPSA) is 47.0 Å². The first-order chi connectivity index (χ1) is 9.43. The molecular formula is C15H24BrN3O. The fraction of sp³-hybridized carbons (Fsp3) is 0.733. The molecule has 1 aromatic heterocycles. The van der Waals surface area contributed by atoms with E-state index < -0.39 is 0 Å². The van der Waals surface area contributed by atoms with Crippen LogP contribution in [0.4, 0.5) is 5.82 Å². The number of nitrogens with zero attached hydrogens (tertiary/aromatic N) is 2. The number of halogens is 1. The number of anilines is 1. The molecule has 0 amide bonds. The van der Waals surface area contributed by atoms with Crippen molar-refractivity contribution in [3.05, 3.63) is 16.0 Å². The number of hydrogen-bond donors (Lipinski definition) is 1. The summed E-state index contributed by atoms with van der Waals surface area (Å²) in [4.78, 5) is 9.53. The fourth-order valence-electron chi connectivity index (χ4n) is 2.24. The van der Waals surface area contributed by atoms with Crippen LogP contribution in [-0.4, -0.2) is 29.7 Å². The predicted molar refractivity (Wildman–Crippen MR) is 85.4 cm³/mol. The van der Waals surface area contributed by atoms with Gasteiger partial charge in [-0.05, 0) is 28.8 Å². The molecule has 0 bridgehead atoms. The highest BCUT2D eigenvalue weighted by atomic mass is 79.9. The Balaban J connectivity index is 2.42. The Kier molecular flexibility index (Phi) is 5.02. The number of hydrogen-bond acceptors (Lipinski definition) is 4. The lowest BCUT2D eigenvalue weighted by atomic mass is 9.91. The molecule has 1 aromatic rings. The van der Waals surface area contributed by atoms with E-state index in [0.717, 1.165) is 54.4 Å². The van der Waals surface area contributed by atoms with Gasteiger partial charge in [0.25, 0.3) is 0 Å². The van der Waals surface area contributed by atoms with Crippen LogP contribution in [0.25, 0.3) is 0 Å². The second kappa shape index (κ2) is 6.39. The number of rotatable bonds is 4. The summed E-state index contributed by atoms with van der Waals surface area (Å²) < 4.78 is 6.46. The highest BCUT2D eigenvalue weighted by Gasteiger charge is 2.27. The summed E-state index contributed by atoms with van der Waals surface area (Å²) in [5.74, 6) is 2.15. The zero-order chi connectivity index (χ0) is 14.8. The molecule has 2 heterocycles. The van der Waals surface area contributed by atoms with Gasteiger partial charge in [-0.3, -0.25) is 0 Å². The third-order valence-electron chi connectivity index (χ3n) is 3.42. The second-order valence-electron chi connectivity index (χ2n) is 6.33. The number of nitrogens with one attached hydrogen (secondary N) is 1. The molecule has 112 valence electrons. The van der Waals surface area contributed by atoms with Crippen LogP contribution in [-0.2, 0) is 10.2 Å². The molecule has 0 saturated carbocycles. The van der Waals surface area contributed by atoms with Gasteiger partial charge in [0.05, 0.1) is 16.8 Å². The van der Waals surface area contributed by atoms with Crippen molar-refractivity contribution in [1.82, 2.24) is 9.97 Å². The zero-order valence-electron chi connectivity index (χ0n) is 12.8. The van der Waals surface area contributed by atoms with Gasteiger partial charge in [-0.1, -0.05) is 27.7 Å². The van der Waals surface area contributed by atoms with Gasteiger partial charge >= 0.3 is 0 Å². The van der Waals surface area contributed by atoms with Crippen LogP contribution in [0.15, 0.2) is 4.47 Å². The average Bonchev–Trinajstić information content (AvgIpc) is 2.90. The predicted octanol–water partition coefficient (Wildman–Crippen LogP) is 3.86. The first-order valence-electron chi connectivity index (χ1n) is 7.33. The molecule has 0 radical (unpaired) electrons. The van der Waals surface area contributed by atoms with Crippen molar-refractivity contribution in [1.29, 1.82) is 0 Å². The minimum atomic E-state index is -0.0152. The third kappa shape index (κ3) is 3.50. The maximum absolute atomic E-state index is 5.48. The standard InChI is InChI=1S/C15H24BrN3O/c1-5-7-17-14-11(16)12(15(2,3)4)18-13(19-14)10-6-8-20-9-10/h10H,5-9H2,1-4H3,(H,17,18,19). The molecule has 5 heteroatoms. The highest BCUT2D eigenvalue weighted by molar-refractivity contribution is 9.10. The smallest absolute Gasteiger partial charge is 0.144 e. The lowest BCUT2D eigenvalue weighted by molar-refractivity contribution is 0.193. The van der Waals surface area contributed by atoms with E-state index in [2.05, 4.69) is 48.9 Å². The second-order valence-corrected chi connectivity index (χ2v) is 7.12. The minimum absolute atomic E-state index is 0.0152. The van der Waals surface area contributed by atoms with Gasteiger partial charge in [-0.15, -0.1) is 0 Å². The van der Waals surface area contributed by atoms with Gasteiger partial charge in [0.2, 0.25) is 0 Å². The van der Waals surface area contributed by atoms with E-state index in [1.165, 1.54) is 0 Å². The van der Waals surface area contributed by atoms with Crippen molar-refractivity contribution in [3.63, 3.8) is 0 Å². The van der Waals surface area contributed by atoms with Crippen molar-refractivity contribution in [3.8, 4) is 0 Å². The van der Waals surface area contributed by atoms with Gasteiger partial charge in [-0.2, -0.15) is 0 Å². The fourth-order valence-corrected chi connectivity index (χ4v) is 3.15. The Hall–Kier alpha value is -0.680. The van der Waals surface area contributed by atoms with Crippen LogP contribution < -0.4 is 5.32 Å². The van der Waals surface area contributed by atoms with E-state index in [0.29, 0.717) is 5.92 Å². The molecular weight excluding hydrogens is 318 g/mol. The summed E-state index contributed by atoms with van der Waals surface area (Å²) in [6.07, 6.45) is 2.08. The first-order valence-corrected chi connectivity index (χ1v) is 8.12. The molecule has 2 rings (SSSR count). The summed E-state index contributed by atoms with van der Waals surface area (Å²) in [5, 5.41) is 3.40. The maximum atomic E-state index is 5.48. The molecule has 0 aliphatic carbocycles. The van der Waals surface area contributed by atoms with E-state index in [9.17, 15) is 0 Å². The summed E-state index contributed by atoms with van der Waals surface area (Å²) in [6.45, 7) is 11.2. The molecule has 1 saturated heterocycles. The molecule has 0 aromatic carbocycles. The maximum Gasteiger partial charge on any atom is 0.144 e. The van der Waals surface area contributed by atoms with Crippen LogP contribution in [0.1, 0.15) is 58.0 Å². The molecule has 1 atom stereocenters. The molecule has 4 nitrogen and oxygen atoms in total. The van der Waals surface area contributed by atoms with Crippen molar-refractivity contribution < 1.29 is 4.74 Å². The SMILES string of the molecule is CCCNc1nc(C2CCOC2)nc(C(C)(C)C)c1Br. The summed E-state index contributed by atoms with van der Waals surface area (Å²) >= 11 is 3.67. The van der Waals surface area contributed by atoms with Gasteiger partial charge in [0.1, 0.15) is 11.6 Å². The molecule has 1 fully saturated rings. The first kappa shape index (κ1) is 15.7. The van der Waals surface area contributed by atoms with Crippen LogP contribution in [0.3, 0.4) is 0 Å². The van der Waals surface area contributed by atoms with Gasteiger partial charge in [0, 0.05) is 24.5 Å². The molecule has 0 spiro atoms. The van der Waals surface area contributed by atoms with Gasteiger partial charge in [0.15, 0.2) is 0 Å². The van der Waals surface area contributed by atoms with Gasteiger partial charge < -0.3 is 10.1 Å². The quantitative estimate of drug-likeness (QED) is 0.903. The molecule has 1 N–H and O–H groups in total.